The third-order valence-electron chi connectivity index (χ3n) is 2.87. The minimum absolute atomic E-state index is 0.0296. The van der Waals surface area contributed by atoms with Gasteiger partial charge in [-0.15, -0.1) is 0 Å². The highest BCUT2D eigenvalue weighted by Crippen LogP contribution is 2.27. The Balaban J connectivity index is 2.24. The molecule has 0 aliphatic carbocycles. The number of hydrogen-bond acceptors (Lipinski definition) is 2. The Labute approximate surface area is 91.3 Å². The van der Waals surface area contributed by atoms with Crippen LogP contribution in [0.15, 0.2) is 12.1 Å². The Morgan fingerprint density at radius 3 is 2.50 bits per heavy atom. The Morgan fingerprint density at radius 1 is 1.19 bits per heavy atom. The molecule has 2 rings (SSSR count). The maximum Gasteiger partial charge on any atom is 0.161 e. The largest absolute Gasteiger partial charge is 0.396 e. The Hall–Kier alpha value is -1.23. The molecule has 0 saturated carbocycles. The van der Waals surface area contributed by atoms with Gasteiger partial charge in [0.2, 0.25) is 0 Å². The second-order valence-electron chi connectivity index (χ2n) is 4.00. The number of rotatable bonds is 2. The van der Waals surface area contributed by atoms with Crippen LogP contribution in [-0.2, 0) is 0 Å². The van der Waals surface area contributed by atoms with E-state index >= 15 is 0 Å². The molecule has 1 saturated heterocycles. The molecule has 1 aliphatic rings. The molecule has 2 nitrogen and oxygen atoms in total. The van der Waals surface area contributed by atoms with Crippen LogP contribution in [0, 0.1) is 23.4 Å². The monoisotopic (exact) mass is 231 g/mol. The molecule has 88 valence electrons. The SMILES string of the molecule is OCC1CCN(c2cc(F)c(F)cc2F)C1. The molecule has 1 heterocycles. The van der Waals surface area contributed by atoms with Crippen molar-refractivity contribution in [3.05, 3.63) is 29.6 Å². The maximum absolute atomic E-state index is 13.4. The molecule has 5 heteroatoms. The number of benzene rings is 1. The molecule has 1 aromatic rings. The summed E-state index contributed by atoms with van der Waals surface area (Å²) in [6.07, 6.45) is 0.731. The van der Waals surface area contributed by atoms with Gasteiger partial charge >= 0.3 is 0 Å². The molecule has 1 atom stereocenters. The summed E-state index contributed by atoms with van der Waals surface area (Å²) < 4.78 is 39.1. The van der Waals surface area contributed by atoms with E-state index in [1.807, 2.05) is 0 Å². The summed E-state index contributed by atoms with van der Waals surface area (Å²) in [6, 6.07) is 1.42. The minimum Gasteiger partial charge on any atom is -0.396 e. The van der Waals surface area contributed by atoms with Crippen molar-refractivity contribution < 1.29 is 18.3 Å². The molecule has 1 fully saturated rings. The van der Waals surface area contributed by atoms with Crippen LogP contribution < -0.4 is 4.90 Å². The van der Waals surface area contributed by atoms with Gasteiger partial charge in [-0.05, 0) is 6.42 Å². The molecule has 0 spiro atoms. The first-order valence-corrected chi connectivity index (χ1v) is 5.12. The fraction of sp³-hybridized carbons (Fsp3) is 0.455. The lowest BCUT2D eigenvalue weighted by atomic mass is 10.1. The number of nitrogens with zero attached hydrogens (tertiary/aromatic N) is 1. The van der Waals surface area contributed by atoms with Gasteiger partial charge in [0, 0.05) is 37.7 Å². The standard InChI is InChI=1S/C11H12F3NO/c12-8-3-10(14)11(4-9(8)13)15-2-1-7(5-15)6-16/h3-4,7,16H,1-2,5-6H2. The lowest BCUT2D eigenvalue weighted by Gasteiger charge is -2.19. The molecule has 1 aliphatic heterocycles. The number of anilines is 1. The number of aliphatic hydroxyl groups excluding tert-OH is 1. The smallest absolute Gasteiger partial charge is 0.161 e. The molecular weight excluding hydrogens is 219 g/mol. The lowest BCUT2D eigenvalue weighted by molar-refractivity contribution is 0.238. The van der Waals surface area contributed by atoms with E-state index in [1.54, 1.807) is 4.90 Å². The first-order valence-electron chi connectivity index (χ1n) is 5.12. The van der Waals surface area contributed by atoms with E-state index in [-0.39, 0.29) is 18.2 Å². The van der Waals surface area contributed by atoms with Gasteiger partial charge < -0.3 is 10.0 Å². The second-order valence-corrected chi connectivity index (χ2v) is 4.00. The van der Waals surface area contributed by atoms with Crippen molar-refractivity contribution in [1.82, 2.24) is 0 Å². The Kier molecular flexibility index (Phi) is 3.05. The Bertz CT molecular complexity index is 397. The molecule has 1 unspecified atom stereocenters. The van der Waals surface area contributed by atoms with E-state index < -0.39 is 17.5 Å². The van der Waals surface area contributed by atoms with E-state index in [0.717, 1.165) is 12.5 Å². The van der Waals surface area contributed by atoms with Gasteiger partial charge in [-0.2, -0.15) is 0 Å². The molecule has 1 aromatic carbocycles. The molecule has 0 radical (unpaired) electrons. The van der Waals surface area contributed by atoms with Crippen molar-refractivity contribution in [2.45, 2.75) is 6.42 Å². The highest BCUT2D eigenvalue weighted by molar-refractivity contribution is 5.49. The predicted octanol–water partition coefficient (Wildman–Crippen LogP) is 1.92. The molecule has 1 N–H and O–H groups in total. The zero-order chi connectivity index (χ0) is 11.7. The topological polar surface area (TPSA) is 23.5 Å². The fourth-order valence-corrected chi connectivity index (χ4v) is 1.95. The van der Waals surface area contributed by atoms with Crippen LogP contribution in [0.2, 0.25) is 0 Å². The fourth-order valence-electron chi connectivity index (χ4n) is 1.95. The summed E-state index contributed by atoms with van der Waals surface area (Å²) in [4.78, 5) is 1.62. The number of hydrogen-bond donors (Lipinski definition) is 1. The summed E-state index contributed by atoms with van der Waals surface area (Å²) in [6.45, 7) is 1.05. The van der Waals surface area contributed by atoms with Crippen molar-refractivity contribution in [3.8, 4) is 0 Å². The summed E-state index contributed by atoms with van der Waals surface area (Å²) >= 11 is 0. The summed E-state index contributed by atoms with van der Waals surface area (Å²) in [5.74, 6) is -2.92. The van der Waals surface area contributed by atoms with Gasteiger partial charge in [-0.25, -0.2) is 13.2 Å². The summed E-state index contributed by atoms with van der Waals surface area (Å²) in [7, 11) is 0. The first-order chi connectivity index (χ1) is 7.61. The van der Waals surface area contributed by atoms with Gasteiger partial charge in [-0.1, -0.05) is 0 Å². The third-order valence-corrected chi connectivity index (χ3v) is 2.87. The highest BCUT2D eigenvalue weighted by atomic mass is 19.2. The molecule has 0 aromatic heterocycles. The highest BCUT2D eigenvalue weighted by Gasteiger charge is 2.25. The van der Waals surface area contributed by atoms with Crippen LogP contribution in [0.1, 0.15) is 6.42 Å². The van der Waals surface area contributed by atoms with Crippen LogP contribution in [-0.4, -0.2) is 24.8 Å². The van der Waals surface area contributed by atoms with Crippen molar-refractivity contribution in [2.75, 3.05) is 24.6 Å². The Morgan fingerprint density at radius 2 is 1.88 bits per heavy atom. The van der Waals surface area contributed by atoms with Crippen molar-refractivity contribution >= 4 is 5.69 Å². The van der Waals surface area contributed by atoms with Gasteiger partial charge in [0.05, 0.1) is 5.69 Å². The van der Waals surface area contributed by atoms with Gasteiger partial charge in [0.25, 0.3) is 0 Å². The van der Waals surface area contributed by atoms with Gasteiger partial charge in [0.15, 0.2) is 11.6 Å². The van der Waals surface area contributed by atoms with Gasteiger partial charge in [0.1, 0.15) is 5.82 Å². The van der Waals surface area contributed by atoms with E-state index in [4.69, 9.17) is 5.11 Å². The number of aliphatic hydroxyl groups is 1. The average Bonchev–Trinajstić information content (AvgIpc) is 2.71. The van der Waals surface area contributed by atoms with Crippen molar-refractivity contribution in [1.29, 1.82) is 0 Å². The zero-order valence-corrected chi connectivity index (χ0v) is 8.59. The van der Waals surface area contributed by atoms with Crippen LogP contribution in [0.25, 0.3) is 0 Å². The third kappa shape index (κ3) is 2.00. The lowest BCUT2D eigenvalue weighted by Crippen LogP contribution is -2.22. The van der Waals surface area contributed by atoms with E-state index in [0.29, 0.717) is 19.2 Å². The van der Waals surface area contributed by atoms with Crippen molar-refractivity contribution in [2.24, 2.45) is 5.92 Å². The van der Waals surface area contributed by atoms with Crippen LogP contribution in [0.3, 0.4) is 0 Å². The van der Waals surface area contributed by atoms with Crippen molar-refractivity contribution in [3.63, 3.8) is 0 Å². The molecular formula is C11H12F3NO. The van der Waals surface area contributed by atoms with Gasteiger partial charge in [-0.3, -0.25) is 0 Å². The zero-order valence-electron chi connectivity index (χ0n) is 8.59. The first kappa shape index (κ1) is 11.3. The predicted molar refractivity (Wildman–Crippen MR) is 53.7 cm³/mol. The van der Waals surface area contributed by atoms with E-state index in [2.05, 4.69) is 0 Å². The minimum atomic E-state index is -1.18. The van der Waals surface area contributed by atoms with Crippen LogP contribution in [0.4, 0.5) is 18.9 Å². The average molecular weight is 231 g/mol. The summed E-state index contributed by atoms with van der Waals surface area (Å²) in [5, 5.41) is 8.94. The number of halogens is 3. The van der Waals surface area contributed by atoms with E-state index in [1.165, 1.54) is 0 Å². The molecule has 16 heavy (non-hydrogen) atoms. The molecule has 0 amide bonds. The second kappa shape index (κ2) is 4.33. The quantitative estimate of drug-likeness (QED) is 0.786. The van der Waals surface area contributed by atoms with Crippen LogP contribution >= 0.6 is 0 Å². The van der Waals surface area contributed by atoms with Crippen LogP contribution in [0.5, 0.6) is 0 Å². The van der Waals surface area contributed by atoms with E-state index in [9.17, 15) is 13.2 Å². The summed E-state index contributed by atoms with van der Waals surface area (Å²) in [5.41, 5.74) is 0.0647. The molecule has 0 bridgehead atoms. The maximum atomic E-state index is 13.4. The normalized spacial score (nSPS) is 20.5.